The lowest BCUT2D eigenvalue weighted by Gasteiger charge is -2.31. The second-order valence-corrected chi connectivity index (χ2v) is 5.10. The van der Waals surface area contributed by atoms with Crippen LogP contribution >= 0.6 is 12.4 Å². The van der Waals surface area contributed by atoms with E-state index in [4.69, 9.17) is 4.74 Å². The van der Waals surface area contributed by atoms with Gasteiger partial charge in [-0.3, -0.25) is 9.69 Å². The van der Waals surface area contributed by atoms with E-state index in [-0.39, 0.29) is 18.3 Å². The molecule has 6 heteroatoms. The Hall–Kier alpha value is -1.30. The summed E-state index contributed by atoms with van der Waals surface area (Å²) in [6, 6.07) is 10.1. The van der Waals surface area contributed by atoms with E-state index in [1.807, 2.05) is 30.3 Å². The minimum atomic E-state index is 0. The number of hydrogen-bond acceptors (Lipinski definition) is 4. The van der Waals surface area contributed by atoms with Crippen molar-refractivity contribution in [1.29, 1.82) is 0 Å². The van der Waals surface area contributed by atoms with Gasteiger partial charge in [-0.25, -0.2) is 0 Å². The first-order valence-corrected chi connectivity index (χ1v) is 7.14. The van der Waals surface area contributed by atoms with E-state index >= 15 is 0 Å². The number of carbonyl (C=O) groups is 1. The molecule has 21 heavy (non-hydrogen) atoms. The number of para-hydroxylation sites is 1. The molecule has 2 rings (SSSR count). The summed E-state index contributed by atoms with van der Waals surface area (Å²) in [4.78, 5) is 14.0. The van der Waals surface area contributed by atoms with E-state index in [1.165, 1.54) is 0 Å². The van der Waals surface area contributed by atoms with Crippen LogP contribution < -0.4 is 15.4 Å². The fourth-order valence-corrected chi connectivity index (χ4v) is 2.29. The number of ether oxygens (including phenoxy) is 1. The van der Waals surface area contributed by atoms with E-state index < -0.39 is 0 Å². The van der Waals surface area contributed by atoms with Gasteiger partial charge in [0.2, 0.25) is 5.91 Å². The van der Waals surface area contributed by atoms with Crippen LogP contribution in [0.15, 0.2) is 30.3 Å². The zero-order valence-corrected chi connectivity index (χ0v) is 13.2. The normalized spacial score (nSPS) is 18.6. The molecular formula is C15H24ClN3O2. The molecule has 1 saturated heterocycles. The molecule has 1 amide bonds. The maximum Gasteiger partial charge on any atom is 0.234 e. The van der Waals surface area contributed by atoms with E-state index in [0.717, 1.165) is 25.4 Å². The van der Waals surface area contributed by atoms with Crippen molar-refractivity contribution in [3.63, 3.8) is 0 Å². The van der Waals surface area contributed by atoms with Crippen molar-refractivity contribution in [3.05, 3.63) is 30.3 Å². The van der Waals surface area contributed by atoms with E-state index in [0.29, 0.717) is 25.7 Å². The van der Waals surface area contributed by atoms with Gasteiger partial charge in [0, 0.05) is 25.7 Å². The predicted molar refractivity (Wildman–Crippen MR) is 86.1 cm³/mol. The van der Waals surface area contributed by atoms with Gasteiger partial charge in [-0.2, -0.15) is 0 Å². The largest absolute Gasteiger partial charge is 0.492 e. The number of carbonyl (C=O) groups excluding carboxylic acids is 1. The van der Waals surface area contributed by atoms with E-state index in [1.54, 1.807) is 0 Å². The van der Waals surface area contributed by atoms with Crippen LogP contribution in [-0.4, -0.2) is 56.2 Å². The number of rotatable bonds is 6. The van der Waals surface area contributed by atoms with Gasteiger partial charge in [0.1, 0.15) is 12.4 Å². The van der Waals surface area contributed by atoms with Crippen molar-refractivity contribution in [3.8, 4) is 5.75 Å². The summed E-state index contributed by atoms with van der Waals surface area (Å²) in [6.45, 7) is 6.44. The molecule has 0 spiro atoms. The maximum absolute atomic E-state index is 11.8. The number of amides is 1. The molecule has 0 bridgehead atoms. The lowest BCUT2D eigenvalue weighted by atomic mass is 10.2. The zero-order chi connectivity index (χ0) is 14.2. The molecule has 118 valence electrons. The second-order valence-electron chi connectivity index (χ2n) is 5.10. The summed E-state index contributed by atoms with van der Waals surface area (Å²) < 4.78 is 5.53. The number of halogens is 1. The van der Waals surface area contributed by atoms with Gasteiger partial charge in [0.05, 0.1) is 13.1 Å². The van der Waals surface area contributed by atoms with Crippen LogP contribution in [-0.2, 0) is 4.79 Å². The molecule has 1 unspecified atom stereocenters. The van der Waals surface area contributed by atoms with Crippen molar-refractivity contribution in [2.75, 3.05) is 39.3 Å². The molecule has 1 aromatic carbocycles. The minimum Gasteiger partial charge on any atom is -0.492 e. The Bertz CT molecular complexity index is 417. The number of nitrogens with one attached hydrogen (secondary N) is 2. The number of benzene rings is 1. The number of piperazine rings is 1. The van der Waals surface area contributed by atoms with Crippen molar-refractivity contribution < 1.29 is 9.53 Å². The fraction of sp³-hybridized carbons (Fsp3) is 0.533. The molecule has 0 aromatic heterocycles. The van der Waals surface area contributed by atoms with Gasteiger partial charge in [-0.15, -0.1) is 12.4 Å². The highest BCUT2D eigenvalue weighted by atomic mass is 35.5. The first-order valence-electron chi connectivity index (χ1n) is 7.14. The van der Waals surface area contributed by atoms with Crippen LogP contribution in [0.25, 0.3) is 0 Å². The highest BCUT2D eigenvalue weighted by Gasteiger charge is 2.17. The summed E-state index contributed by atoms with van der Waals surface area (Å²) in [5.74, 6) is 0.897. The van der Waals surface area contributed by atoms with Crippen molar-refractivity contribution >= 4 is 18.3 Å². The third-order valence-corrected chi connectivity index (χ3v) is 3.26. The second kappa shape index (κ2) is 9.60. The quantitative estimate of drug-likeness (QED) is 0.766. The molecule has 1 fully saturated rings. The van der Waals surface area contributed by atoms with Crippen molar-refractivity contribution in [2.45, 2.75) is 13.0 Å². The van der Waals surface area contributed by atoms with Gasteiger partial charge in [-0.1, -0.05) is 18.2 Å². The molecule has 1 heterocycles. The molecule has 2 N–H and O–H groups in total. The molecule has 1 aliphatic rings. The van der Waals surface area contributed by atoms with Crippen LogP contribution in [0.3, 0.4) is 0 Å². The molecule has 1 atom stereocenters. The van der Waals surface area contributed by atoms with Crippen LogP contribution in [0.2, 0.25) is 0 Å². The third kappa shape index (κ3) is 6.80. The fourth-order valence-electron chi connectivity index (χ4n) is 2.29. The first-order chi connectivity index (χ1) is 9.74. The average Bonchev–Trinajstić information content (AvgIpc) is 2.45. The van der Waals surface area contributed by atoms with E-state index in [9.17, 15) is 4.79 Å². The highest BCUT2D eigenvalue weighted by molar-refractivity contribution is 5.85. The molecule has 0 aliphatic carbocycles. The third-order valence-electron chi connectivity index (χ3n) is 3.26. The summed E-state index contributed by atoms with van der Waals surface area (Å²) in [7, 11) is 0. The Kier molecular flexibility index (Phi) is 8.12. The molecule has 1 aromatic rings. The Balaban J connectivity index is 0.00000220. The number of nitrogens with zero attached hydrogens (tertiary/aromatic N) is 1. The SMILES string of the molecule is CC1CN(CC(=O)NCCOc2ccccc2)CCN1.Cl. The van der Waals surface area contributed by atoms with E-state index in [2.05, 4.69) is 22.5 Å². The molecule has 0 saturated carbocycles. The Morgan fingerprint density at radius 1 is 1.43 bits per heavy atom. The lowest BCUT2D eigenvalue weighted by Crippen LogP contribution is -2.52. The maximum atomic E-state index is 11.8. The average molecular weight is 314 g/mol. The van der Waals surface area contributed by atoms with Crippen LogP contribution in [0.1, 0.15) is 6.92 Å². The summed E-state index contributed by atoms with van der Waals surface area (Å²) >= 11 is 0. The monoisotopic (exact) mass is 313 g/mol. The summed E-state index contributed by atoms with van der Waals surface area (Å²) in [6.07, 6.45) is 0. The van der Waals surface area contributed by atoms with Gasteiger partial charge in [0.15, 0.2) is 0 Å². The zero-order valence-electron chi connectivity index (χ0n) is 12.4. The van der Waals surface area contributed by atoms with Crippen LogP contribution in [0.5, 0.6) is 5.75 Å². The molecule has 5 nitrogen and oxygen atoms in total. The molecule has 1 aliphatic heterocycles. The van der Waals surface area contributed by atoms with Gasteiger partial charge < -0.3 is 15.4 Å². The van der Waals surface area contributed by atoms with Crippen molar-refractivity contribution in [2.24, 2.45) is 0 Å². The Morgan fingerprint density at radius 2 is 2.19 bits per heavy atom. The standard InChI is InChI=1S/C15H23N3O2.ClH/c1-13-11-18(9-7-16-13)12-15(19)17-8-10-20-14-5-3-2-4-6-14;/h2-6,13,16H,7-12H2,1H3,(H,17,19);1H. The smallest absolute Gasteiger partial charge is 0.234 e. The van der Waals surface area contributed by atoms with Gasteiger partial charge in [0.25, 0.3) is 0 Å². The van der Waals surface area contributed by atoms with Crippen molar-refractivity contribution in [1.82, 2.24) is 15.5 Å². The topological polar surface area (TPSA) is 53.6 Å². The molecular weight excluding hydrogens is 290 g/mol. The number of hydrogen-bond donors (Lipinski definition) is 2. The predicted octanol–water partition coefficient (Wildman–Crippen LogP) is 0.897. The van der Waals surface area contributed by atoms with Crippen LogP contribution in [0, 0.1) is 0 Å². The first kappa shape index (κ1) is 17.8. The minimum absolute atomic E-state index is 0. The van der Waals surface area contributed by atoms with Crippen LogP contribution in [0.4, 0.5) is 0 Å². The molecule has 0 radical (unpaired) electrons. The van der Waals surface area contributed by atoms with Gasteiger partial charge >= 0.3 is 0 Å². The summed E-state index contributed by atoms with van der Waals surface area (Å²) in [5.41, 5.74) is 0. The Labute approximate surface area is 132 Å². The highest BCUT2D eigenvalue weighted by Crippen LogP contribution is 2.07. The van der Waals surface area contributed by atoms with Gasteiger partial charge in [-0.05, 0) is 19.1 Å². The summed E-state index contributed by atoms with van der Waals surface area (Å²) in [5, 5.41) is 6.25. The Morgan fingerprint density at radius 3 is 2.90 bits per heavy atom. The lowest BCUT2D eigenvalue weighted by molar-refractivity contribution is -0.122.